The molecule has 0 amide bonds. The molecule has 11 heavy (non-hydrogen) atoms. The molecule has 0 aliphatic carbocycles. The lowest BCUT2D eigenvalue weighted by atomic mass is 10.3. The van der Waals surface area contributed by atoms with Gasteiger partial charge in [0, 0.05) is 0 Å². The fraction of sp³-hybridized carbons (Fsp3) is 0.250. The van der Waals surface area contributed by atoms with Crippen molar-refractivity contribution in [2.24, 2.45) is 0 Å². The van der Waals surface area contributed by atoms with Gasteiger partial charge in [-0.2, -0.15) is 0 Å². The van der Waals surface area contributed by atoms with Gasteiger partial charge in [0.2, 0.25) is 0 Å². The molecule has 0 fully saturated rings. The number of ether oxygens (including phenoxy) is 2. The first-order valence-corrected chi connectivity index (χ1v) is 3.07. The van der Waals surface area contributed by atoms with Gasteiger partial charge in [-0.05, 0) is 18.2 Å². The highest BCUT2D eigenvalue weighted by atomic mass is 19.1. The van der Waals surface area contributed by atoms with Crippen LogP contribution >= 0.6 is 0 Å². The first kappa shape index (κ1) is 7.85. The molecule has 0 heterocycles. The molecule has 1 radical (unpaired) electrons. The highest BCUT2D eigenvalue weighted by Crippen LogP contribution is 2.28. The fourth-order valence-corrected chi connectivity index (χ4v) is 0.789. The van der Waals surface area contributed by atoms with Gasteiger partial charge in [-0.15, -0.1) is 0 Å². The summed E-state index contributed by atoms with van der Waals surface area (Å²) >= 11 is 0. The maximum atomic E-state index is 12.8. The normalized spacial score (nSPS) is 9.36. The minimum atomic E-state index is -0.466. The van der Waals surface area contributed by atoms with Crippen LogP contribution in [0, 0.1) is 11.9 Å². The summed E-state index contributed by atoms with van der Waals surface area (Å²) in [6, 6.07) is 5.29. The third-order valence-electron chi connectivity index (χ3n) is 1.29. The van der Waals surface area contributed by atoms with Crippen molar-refractivity contribution in [1.29, 1.82) is 0 Å². The van der Waals surface area contributed by atoms with Crippen molar-refractivity contribution < 1.29 is 13.9 Å². The Morgan fingerprint density at radius 2 is 2.00 bits per heavy atom. The number of rotatable bonds is 2. The van der Waals surface area contributed by atoms with Crippen LogP contribution in [0.2, 0.25) is 0 Å². The zero-order valence-electron chi connectivity index (χ0n) is 6.35. The van der Waals surface area contributed by atoms with Crippen LogP contribution in [0.15, 0.2) is 12.1 Å². The van der Waals surface area contributed by atoms with Crippen LogP contribution in [0.4, 0.5) is 4.39 Å². The molecule has 0 spiro atoms. The Morgan fingerprint density at radius 1 is 1.27 bits per heavy atom. The summed E-state index contributed by atoms with van der Waals surface area (Å²) in [7, 11) is 2.84. The summed E-state index contributed by atoms with van der Waals surface area (Å²) in [4.78, 5) is 0. The number of hydrogen-bond acceptors (Lipinski definition) is 2. The summed E-state index contributed by atoms with van der Waals surface area (Å²) in [5.41, 5.74) is 0. The van der Waals surface area contributed by atoms with Crippen LogP contribution in [0.25, 0.3) is 0 Å². The smallest absolute Gasteiger partial charge is 0.196 e. The van der Waals surface area contributed by atoms with Crippen LogP contribution in [0.1, 0.15) is 0 Å². The molecule has 2 nitrogen and oxygen atoms in total. The van der Waals surface area contributed by atoms with Gasteiger partial charge in [0.05, 0.1) is 14.2 Å². The molecule has 3 heteroatoms. The van der Waals surface area contributed by atoms with Crippen LogP contribution < -0.4 is 9.47 Å². The van der Waals surface area contributed by atoms with E-state index in [1.54, 1.807) is 0 Å². The lowest BCUT2D eigenvalue weighted by Gasteiger charge is -2.06. The van der Waals surface area contributed by atoms with Crippen molar-refractivity contribution in [1.82, 2.24) is 0 Å². The van der Waals surface area contributed by atoms with Gasteiger partial charge in [-0.25, -0.2) is 4.39 Å². The SMILES string of the molecule is COc1c[c]cc(F)c1OC. The van der Waals surface area contributed by atoms with Gasteiger partial charge in [0.15, 0.2) is 17.3 Å². The molecular weight excluding hydrogens is 147 g/mol. The molecular formula is C8H8FO2. The van der Waals surface area contributed by atoms with E-state index < -0.39 is 5.82 Å². The van der Waals surface area contributed by atoms with E-state index in [2.05, 4.69) is 6.07 Å². The number of halogens is 1. The van der Waals surface area contributed by atoms with Gasteiger partial charge in [-0.3, -0.25) is 0 Å². The summed E-state index contributed by atoms with van der Waals surface area (Å²) in [6.45, 7) is 0. The summed E-state index contributed by atoms with van der Waals surface area (Å²) in [5.74, 6) is 0.00519. The maximum Gasteiger partial charge on any atom is 0.196 e. The van der Waals surface area contributed by atoms with Crippen molar-refractivity contribution >= 4 is 0 Å². The van der Waals surface area contributed by atoms with Crippen LogP contribution in [0.3, 0.4) is 0 Å². The van der Waals surface area contributed by atoms with Crippen LogP contribution in [-0.4, -0.2) is 14.2 Å². The molecule has 0 aliphatic heterocycles. The van der Waals surface area contributed by atoms with E-state index in [0.29, 0.717) is 5.75 Å². The van der Waals surface area contributed by atoms with Crippen LogP contribution in [-0.2, 0) is 0 Å². The summed E-state index contributed by atoms with van der Waals surface area (Å²) in [5, 5.41) is 0. The van der Waals surface area contributed by atoms with E-state index in [1.807, 2.05) is 0 Å². The Labute approximate surface area is 64.6 Å². The lowest BCUT2D eigenvalue weighted by molar-refractivity contribution is 0.337. The van der Waals surface area contributed by atoms with Gasteiger partial charge >= 0.3 is 0 Å². The van der Waals surface area contributed by atoms with Crippen molar-refractivity contribution in [2.45, 2.75) is 0 Å². The molecule has 0 aromatic heterocycles. The highest BCUT2D eigenvalue weighted by molar-refractivity contribution is 5.40. The average molecular weight is 155 g/mol. The highest BCUT2D eigenvalue weighted by Gasteiger charge is 2.07. The van der Waals surface area contributed by atoms with Crippen molar-refractivity contribution in [3.8, 4) is 11.5 Å². The summed E-state index contributed by atoms with van der Waals surface area (Å²) in [6.07, 6.45) is 0. The average Bonchev–Trinajstić information content (AvgIpc) is 2.04. The molecule has 1 aromatic carbocycles. The van der Waals surface area contributed by atoms with E-state index in [4.69, 9.17) is 9.47 Å². The predicted octanol–water partition coefficient (Wildman–Crippen LogP) is 1.64. The molecule has 1 aromatic rings. The quantitative estimate of drug-likeness (QED) is 0.646. The third-order valence-corrected chi connectivity index (χ3v) is 1.29. The van der Waals surface area contributed by atoms with Crippen molar-refractivity contribution in [2.75, 3.05) is 14.2 Å². The van der Waals surface area contributed by atoms with E-state index in [-0.39, 0.29) is 5.75 Å². The molecule has 0 N–H and O–H groups in total. The monoisotopic (exact) mass is 155 g/mol. The number of benzene rings is 1. The third kappa shape index (κ3) is 1.42. The van der Waals surface area contributed by atoms with Crippen LogP contribution in [0.5, 0.6) is 11.5 Å². The largest absolute Gasteiger partial charge is 0.493 e. The minimum Gasteiger partial charge on any atom is -0.493 e. The van der Waals surface area contributed by atoms with Crippen molar-refractivity contribution in [3.63, 3.8) is 0 Å². The molecule has 0 bridgehead atoms. The van der Waals surface area contributed by atoms with E-state index in [0.717, 1.165) is 0 Å². The predicted molar refractivity (Wildman–Crippen MR) is 38.3 cm³/mol. The zero-order valence-corrected chi connectivity index (χ0v) is 6.35. The second-order valence-electron chi connectivity index (χ2n) is 1.90. The second kappa shape index (κ2) is 3.23. The van der Waals surface area contributed by atoms with E-state index >= 15 is 0 Å². The first-order chi connectivity index (χ1) is 5.29. The fourth-order valence-electron chi connectivity index (χ4n) is 0.789. The second-order valence-corrected chi connectivity index (χ2v) is 1.90. The molecule has 0 saturated carbocycles. The minimum absolute atomic E-state index is 0.117. The number of hydrogen-bond donors (Lipinski definition) is 0. The van der Waals surface area contributed by atoms with E-state index in [1.165, 1.54) is 26.4 Å². The molecule has 0 atom stereocenters. The van der Waals surface area contributed by atoms with Crippen molar-refractivity contribution in [3.05, 3.63) is 24.0 Å². The Hall–Kier alpha value is -1.25. The van der Waals surface area contributed by atoms with Gasteiger partial charge in [-0.1, -0.05) is 0 Å². The molecule has 59 valence electrons. The number of methoxy groups -OCH3 is 2. The lowest BCUT2D eigenvalue weighted by Crippen LogP contribution is -1.92. The molecule has 0 saturated heterocycles. The Balaban J connectivity index is 3.13. The maximum absolute atomic E-state index is 12.8. The molecule has 0 aliphatic rings. The zero-order chi connectivity index (χ0) is 8.27. The standard InChI is InChI=1S/C8H8FO2/c1-10-7-5-3-4-6(9)8(7)11-2/h4-5H,1-2H3. The molecule has 0 unspecified atom stereocenters. The van der Waals surface area contributed by atoms with Gasteiger partial charge < -0.3 is 9.47 Å². The summed E-state index contributed by atoms with van der Waals surface area (Å²) < 4.78 is 22.4. The molecule has 1 rings (SSSR count). The van der Waals surface area contributed by atoms with Gasteiger partial charge in [0.25, 0.3) is 0 Å². The topological polar surface area (TPSA) is 18.5 Å². The first-order valence-electron chi connectivity index (χ1n) is 3.07. The Bertz CT molecular complexity index is 248. The Morgan fingerprint density at radius 3 is 2.45 bits per heavy atom. The van der Waals surface area contributed by atoms with E-state index in [9.17, 15) is 4.39 Å². The Kier molecular flexibility index (Phi) is 2.31. The van der Waals surface area contributed by atoms with Gasteiger partial charge in [0.1, 0.15) is 0 Å².